The van der Waals surface area contributed by atoms with Crippen molar-refractivity contribution in [3.05, 3.63) is 100 Å². The number of sulfonamides is 1. The molecule has 1 amide bonds. The Bertz CT molecular complexity index is 1100. The molecule has 3 aromatic rings. The summed E-state index contributed by atoms with van der Waals surface area (Å²) in [6.45, 7) is 1.63. The maximum atomic E-state index is 12.9. The van der Waals surface area contributed by atoms with Gasteiger partial charge >= 0.3 is 0 Å². The summed E-state index contributed by atoms with van der Waals surface area (Å²) < 4.78 is 23.5. The molecule has 28 heavy (non-hydrogen) atoms. The van der Waals surface area contributed by atoms with Gasteiger partial charge in [-0.15, -0.1) is 0 Å². The quantitative estimate of drug-likeness (QED) is 0.665. The van der Waals surface area contributed by atoms with Crippen molar-refractivity contribution in [3.8, 4) is 0 Å². The molecule has 7 heteroatoms. The second kappa shape index (κ2) is 8.14. The Balaban J connectivity index is 1.97. The molecule has 5 nitrogen and oxygen atoms in total. The molecule has 3 aromatic carbocycles. The van der Waals surface area contributed by atoms with Crippen molar-refractivity contribution >= 4 is 27.5 Å². The SMILES string of the molecule is Cc1ccc(C(=O)NC(c2ccccc2)c2ccc(Cl)cc2)cc1S(N)(=O)=O. The number of hydrogen-bond acceptors (Lipinski definition) is 3. The van der Waals surface area contributed by atoms with Crippen molar-refractivity contribution in [2.45, 2.75) is 17.9 Å². The number of amides is 1. The molecule has 0 fully saturated rings. The number of hydrogen-bond donors (Lipinski definition) is 2. The lowest BCUT2D eigenvalue weighted by Crippen LogP contribution is -2.29. The number of nitrogens with two attached hydrogens (primary N) is 1. The lowest BCUT2D eigenvalue weighted by Gasteiger charge is -2.20. The number of nitrogens with one attached hydrogen (secondary N) is 1. The van der Waals surface area contributed by atoms with Crippen LogP contribution >= 0.6 is 11.6 Å². The molecule has 0 heterocycles. The maximum absolute atomic E-state index is 12.9. The lowest BCUT2D eigenvalue weighted by atomic mass is 9.98. The summed E-state index contributed by atoms with van der Waals surface area (Å²) in [5.41, 5.74) is 2.43. The number of halogens is 1. The van der Waals surface area contributed by atoms with Crippen LogP contribution in [0.15, 0.2) is 77.7 Å². The molecule has 1 atom stereocenters. The van der Waals surface area contributed by atoms with E-state index in [2.05, 4.69) is 5.32 Å². The molecule has 0 aliphatic carbocycles. The zero-order valence-electron chi connectivity index (χ0n) is 15.1. The maximum Gasteiger partial charge on any atom is 0.252 e. The number of carbonyl (C=O) groups is 1. The number of carbonyl (C=O) groups excluding carboxylic acids is 1. The predicted molar refractivity (Wildman–Crippen MR) is 110 cm³/mol. The van der Waals surface area contributed by atoms with E-state index in [1.165, 1.54) is 6.07 Å². The Morgan fingerprint density at radius 2 is 1.57 bits per heavy atom. The van der Waals surface area contributed by atoms with Crippen LogP contribution < -0.4 is 10.5 Å². The summed E-state index contributed by atoms with van der Waals surface area (Å²) in [6.07, 6.45) is 0. The Kier molecular flexibility index (Phi) is 5.84. The van der Waals surface area contributed by atoms with Crippen LogP contribution in [0, 0.1) is 6.92 Å². The standard InChI is InChI=1S/C21H19ClN2O3S/c1-14-7-8-17(13-19(14)28(23,26)27)21(25)24-20(15-5-3-2-4-6-15)16-9-11-18(22)12-10-16/h2-13,20H,1H3,(H,24,25)(H2,23,26,27). The minimum absolute atomic E-state index is 0.0668. The highest BCUT2D eigenvalue weighted by atomic mass is 35.5. The van der Waals surface area contributed by atoms with Gasteiger partial charge in [0.25, 0.3) is 5.91 Å². The van der Waals surface area contributed by atoms with Crippen LogP contribution in [-0.2, 0) is 10.0 Å². The highest BCUT2D eigenvalue weighted by Gasteiger charge is 2.20. The van der Waals surface area contributed by atoms with Crippen LogP contribution in [0.1, 0.15) is 33.1 Å². The molecule has 0 spiro atoms. The van der Waals surface area contributed by atoms with Crippen molar-refractivity contribution in [1.82, 2.24) is 5.32 Å². The van der Waals surface area contributed by atoms with Gasteiger partial charge in [0, 0.05) is 10.6 Å². The fourth-order valence-corrected chi connectivity index (χ4v) is 3.86. The van der Waals surface area contributed by atoms with E-state index in [0.29, 0.717) is 10.6 Å². The first-order chi connectivity index (χ1) is 13.3. The van der Waals surface area contributed by atoms with Crippen LogP contribution in [0.25, 0.3) is 0 Å². The molecular weight excluding hydrogens is 396 g/mol. The Labute approximate surface area is 169 Å². The van der Waals surface area contributed by atoms with Crippen LogP contribution in [0.4, 0.5) is 0 Å². The van der Waals surface area contributed by atoms with E-state index in [1.54, 1.807) is 31.2 Å². The van der Waals surface area contributed by atoms with Crippen molar-refractivity contribution in [2.24, 2.45) is 5.14 Å². The molecular formula is C21H19ClN2O3S. The van der Waals surface area contributed by atoms with Gasteiger partial charge in [0.1, 0.15) is 0 Å². The molecule has 0 aromatic heterocycles. The number of benzene rings is 3. The molecule has 1 unspecified atom stereocenters. The molecule has 3 rings (SSSR count). The van der Waals surface area contributed by atoms with Crippen LogP contribution in [0.5, 0.6) is 0 Å². The molecule has 3 N–H and O–H groups in total. The first-order valence-corrected chi connectivity index (χ1v) is 10.4. The second-order valence-corrected chi connectivity index (χ2v) is 8.36. The minimum Gasteiger partial charge on any atom is -0.341 e. The summed E-state index contributed by atoms with van der Waals surface area (Å²) in [5, 5.41) is 8.81. The van der Waals surface area contributed by atoms with Crippen LogP contribution in [0.3, 0.4) is 0 Å². The van der Waals surface area contributed by atoms with Gasteiger partial charge < -0.3 is 5.32 Å². The monoisotopic (exact) mass is 414 g/mol. The fourth-order valence-electron chi connectivity index (χ4n) is 2.92. The van der Waals surface area contributed by atoms with Gasteiger partial charge in [-0.3, -0.25) is 4.79 Å². The van der Waals surface area contributed by atoms with Crippen LogP contribution in [0.2, 0.25) is 5.02 Å². The van der Waals surface area contributed by atoms with Gasteiger partial charge in [-0.1, -0.05) is 60.1 Å². The van der Waals surface area contributed by atoms with Gasteiger partial charge in [-0.25, -0.2) is 13.6 Å². The molecule has 0 saturated carbocycles. The van der Waals surface area contributed by atoms with Crippen molar-refractivity contribution in [1.29, 1.82) is 0 Å². The van der Waals surface area contributed by atoms with Gasteiger partial charge in [0.05, 0.1) is 10.9 Å². The van der Waals surface area contributed by atoms with Gasteiger partial charge in [-0.05, 0) is 47.9 Å². The van der Waals surface area contributed by atoms with E-state index in [9.17, 15) is 13.2 Å². The third kappa shape index (κ3) is 4.59. The predicted octanol–water partition coefficient (Wildman–Crippen LogP) is 3.82. The van der Waals surface area contributed by atoms with E-state index in [-0.39, 0.29) is 10.5 Å². The molecule has 0 radical (unpaired) electrons. The highest BCUT2D eigenvalue weighted by molar-refractivity contribution is 7.89. The largest absolute Gasteiger partial charge is 0.341 e. The van der Waals surface area contributed by atoms with E-state index in [1.807, 2.05) is 42.5 Å². The molecule has 0 aliphatic rings. The fraction of sp³-hybridized carbons (Fsp3) is 0.0952. The zero-order valence-corrected chi connectivity index (χ0v) is 16.7. The third-order valence-electron chi connectivity index (χ3n) is 4.37. The number of primary sulfonamides is 1. The molecule has 144 valence electrons. The van der Waals surface area contributed by atoms with E-state index in [0.717, 1.165) is 11.1 Å². The van der Waals surface area contributed by atoms with Crippen molar-refractivity contribution in [3.63, 3.8) is 0 Å². The van der Waals surface area contributed by atoms with E-state index >= 15 is 0 Å². The third-order valence-corrected chi connectivity index (χ3v) is 5.67. The van der Waals surface area contributed by atoms with Gasteiger partial charge in [0.2, 0.25) is 10.0 Å². The minimum atomic E-state index is -3.92. The summed E-state index contributed by atoms with van der Waals surface area (Å²) >= 11 is 5.98. The van der Waals surface area contributed by atoms with E-state index in [4.69, 9.17) is 16.7 Å². The average molecular weight is 415 g/mol. The lowest BCUT2D eigenvalue weighted by molar-refractivity contribution is 0.0942. The Hall–Kier alpha value is -2.67. The van der Waals surface area contributed by atoms with Crippen molar-refractivity contribution < 1.29 is 13.2 Å². The molecule has 0 bridgehead atoms. The zero-order chi connectivity index (χ0) is 20.3. The topological polar surface area (TPSA) is 89.3 Å². The Morgan fingerprint density at radius 1 is 0.964 bits per heavy atom. The summed E-state index contributed by atoms with van der Waals surface area (Å²) in [5.74, 6) is -0.409. The van der Waals surface area contributed by atoms with Gasteiger partial charge in [0.15, 0.2) is 0 Å². The Morgan fingerprint density at radius 3 is 2.18 bits per heavy atom. The summed E-state index contributed by atoms with van der Waals surface area (Å²) in [7, 11) is -3.92. The summed E-state index contributed by atoms with van der Waals surface area (Å²) in [4.78, 5) is 12.8. The highest BCUT2D eigenvalue weighted by Crippen LogP contribution is 2.24. The molecule has 0 aliphatic heterocycles. The molecule has 0 saturated heterocycles. The van der Waals surface area contributed by atoms with E-state index < -0.39 is 22.0 Å². The first kappa shape index (κ1) is 20.1. The summed E-state index contributed by atoms with van der Waals surface area (Å²) in [6, 6.07) is 20.7. The average Bonchev–Trinajstić information content (AvgIpc) is 2.67. The first-order valence-electron chi connectivity index (χ1n) is 8.50. The smallest absolute Gasteiger partial charge is 0.252 e. The van der Waals surface area contributed by atoms with Crippen LogP contribution in [-0.4, -0.2) is 14.3 Å². The normalized spacial score (nSPS) is 12.4. The number of rotatable bonds is 5. The van der Waals surface area contributed by atoms with Gasteiger partial charge in [-0.2, -0.15) is 0 Å². The number of aryl methyl sites for hydroxylation is 1. The second-order valence-electron chi connectivity index (χ2n) is 6.39. The van der Waals surface area contributed by atoms with Crippen molar-refractivity contribution in [2.75, 3.05) is 0 Å².